The summed E-state index contributed by atoms with van der Waals surface area (Å²) in [4.78, 5) is 10.8. The predicted octanol–water partition coefficient (Wildman–Crippen LogP) is 2.99. The minimum absolute atomic E-state index is 0.0136. The van der Waals surface area contributed by atoms with Crippen LogP contribution in [-0.2, 0) is 9.53 Å². The van der Waals surface area contributed by atoms with Crippen LogP contribution < -0.4 is 5.32 Å². The second-order valence-corrected chi connectivity index (χ2v) is 2.40. The Bertz CT molecular complexity index is 106. The van der Waals surface area contributed by atoms with Crippen LogP contribution in [0.25, 0.3) is 0 Å². The summed E-state index contributed by atoms with van der Waals surface area (Å²) in [7, 11) is 0. The summed E-state index contributed by atoms with van der Waals surface area (Å²) in [6.07, 6.45) is 1.93. The molecule has 0 heterocycles. The van der Waals surface area contributed by atoms with Crippen LogP contribution in [0.4, 0.5) is 0 Å². The summed E-state index contributed by atoms with van der Waals surface area (Å²) in [6, 6.07) is 0. The van der Waals surface area contributed by atoms with Crippen molar-refractivity contribution in [1.29, 1.82) is 0 Å². The van der Waals surface area contributed by atoms with Gasteiger partial charge in [0.2, 0.25) is 5.91 Å². The molecule has 0 aliphatic carbocycles. The Balaban J connectivity index is -0.000000318. The number of rotatable bonds is 6. The van der Waals surface area contributed by atoms with E-state index in [2.05, 4.69) is 5.32 Å². The zero-order valence-corrected chi connectivity index (χ0v) is 11.4. The summed E-state index contributed by atoms with van der Waals surface area (Å²) in [5, 5.41) is 2.73. The van der Waals surface area contributed by atoms with Gasteiger partial charge in [-0.25, -0.2) is 0 Å². The van der Waals surface area contributed by atoms with E-state index in [-0.39, 0.29) is 12.5 Å². The van der Waals surface area contributed by atoms with Gasteiger partial charge in [-0.05, 0) is 12.8 Å². The summed E-state index contributed by atoms with van der Waals surface area (Å²) in [5.74, 6) is -0.0136. The van der Waals surface area contributed by atoms with Crippen molar-refractivity contribution in [1.82, 2.24) is 5.32 Å². The summed E-state index contributed by atoms with van der Waals surface area (Å²) in [6.45, 7) is 13.7. The highest BCUT2D eigenvalue weighted by atomic mass is 16.5. The molecule has 0 bridgehead atoms. The van der Waals surface area contributed by atoms with E-state index in [1.807, 2.05) is 41.5 Å². The molecular weight excluding hydrogens is 190 g/mol. The highest BCUT2D eigenvalue weighted by Crippen LogP contribution is 1.80. The largest absolute Gasteiger partial charge is 0.372 e. The molecule has 3 heteroatoms. The first-order valence-corrected chi connectivity index (χ1v) is 6.15. The van der Waals surface area contributed by atoms with Crippen LogP contribution in [0.15, 0.2) is 0 Å². The maximum Gasteiger partial charge on any atom is 0.245 e. The van der Waals surface area contributed by atoms with Gasteiger partial charge < -0.3 is 10.1 Å². The van der Waals surface area contributed by atoms with E-state index in [1.165, 1.54) is 0 Å². The zero-order chi connectivity index (χ0) is 12.5. The van der Waals surface area contributed by atoms with Crippen molar-refractivity contribution in [2.45, 2.75) is 54.4 Å². The van der Waals surface area contributed by atoms with Gasteiger partial charge in [-0.15, -0.1) is 0 Å². The number of carbonyl (C=O) groups excluding carboxylic acids is 1. The van der Waals surface area contributed by atoms with E-state index in [9.17, 15) is 4.79 Å². The lowest BCUT2D eigenvalue weighted by Gasteiger charge is -2.02. The number of hydrogen-bond acceptors (Lipinski definition) is 2. The smallest absolute Gasteiger partial charge is 0.245 e. The first-order chi connectivity index (χ1) is 7.31. The Hall–Kier alpha value is -0.570. The van der Waals surface area contributed by atoms with Gasteiger partial charge in [0, 0.05) is 13.2 Å². The molecule has 0 aromatic heterocycles. The van der Waals surface area contributed by atoms with Crippen LogP contribution in [-0.4, -0.2) is 25.7 Å². The maximum absolute atomic E-state index is 10.8. The third-order valence-corrected chi connectivity index (χ3v) is 1.15. The Kier molecular flexibility index (Phi) is 31.0. The van der Waals surface area contributed by atoms with Crippen LogP contribution in [0.2, 0.25) is 0 Å². The number of hydrogen-bond donors (Lipinski definition) is 1. The molecule has 3 nitrogen and oxygen atoms in total. The first-order valence-electron chi connectivity index (χ1n) is 6.15. The maximum atomic E-state index is 10.8. The van der Waals surface area contributed by atoms with E-state index in [0.717, 1.165) is 19.4 Å². The molecule has 15 heavy (non-hydrogen) atoms. The van der Waals surface area contributed by atoms with E-state index in [1.54, 1.807) is 0 Å². The number of amides is 1. The van der Waals surface area contributed by atoms with Crippen molar-refractivity contribution >= 4 is 5.91 Å². The van der Waals surface area contributed by atoms with Gasteiger partial charge in [-0.1, -0.05) is 41.5 Å². The average molecular weight is 219 g/mol. The van der Waals surface area contributed by atoms with Crippen molar-refractivity contribution in [2.75, 3.05) is 19.8 Å². The van der Waals surface area contributed by atoms with Gasteiger partial charge in [-0.2, -0.15) is 0 Å². The molecule has 0 aliphatic heterocycles. The van der Waals surface area contributed by atoms with Gasteiger partial charge in [0.05, 0.1) is 0 Å². The molecule has 0 unspecified atom stereocenters. The molecule has 0 aliphatic rings. The summed E-state index contributed by atoms with van der Waals surface area (Å²) >= 11 is 0. The number of carbonyl (C=O) groups is 1. The van der Waals surface area contributed by atoms with Crippen LogP contribution in [0.5, 0.6) is 0 Å². The first kappa shape index (κ1) is 19.9. The van der Waals surface area contributed by atoms with Crippen molar-refractivity contribution in [2.24, 2.45) is 0 Å². The minimum atomic E-state index is -0.0136. The van der Waals surface area contributed by atoms with Gasteiger partial charge >= 0.3 is 0 Å². The van der Waals surface area contributed by atoms with Crippen LogP contribution in [0.3, 0.4) is 0 Å². The molecular formula is C12H29NO2. The van der Waals surface area contributed by atoms with E-state index in [4.69, 9.17) is 4.74 Å². The van der Waals surface area contributed by atoms with Crippen molar-refractivity contribution < 1.29 is 9.53 Å². The fourth-order valence-corrected chi connectivity index (χ4v) is 0.625. The lowest BCUT2D eigenvalue weighted by molar-refractivity contribution is -0.125. The highest BCUT2D eigenvalue weighted by molar-refractivity contribution is 5.77. The van der Waals surface area contributed by atoms with Gasteiger partial charge in [-0.3, -0.25) is 4.79 Å². The molecule has 0 aromatic carbocycles. The van der Waals surface area contributed by atoms with E-state index < -0.39 is 0 Å². The third-order valence-electron chi connectivity index (χ3n) is 1.15. The second-order valence-electron chi connectivity index (χ2n) is 2.40. The molecule has 1 amide bonds. The molecule has 0 radical (unpaired) electrons. The molecule has 0 saturated heterocycles. The third kappa shape index (κ3) is 24.7. The van der Waals surface area contributed by atoms with Gasteiger partial charge in [0.15, 0.2) is 0 Å². The molecule has 0 aromatic rings. The Morgan fingerprint density at radius 3 is 2.00 bits per heavy atom. The monoisotopic (exact) mass is 219 g/mol. The van der Waals surface area contributed by atoms with E-state index in [0.29, 0.717) is 6.61 Å². The topological polar surface area (TPSA) is 38.3 Å². The van der Waals surface area contributed by atoms with Gasteiger partial charge in [0.25, 0.3) is 0 Å². The quantitative estimate of drug-likeness (QED) is 0.697. The number of nitrogens with one attached hydrogen (secondary N) is 1. The highest BCUT2D eigenvalue weighted by Gasteiger charge is 1.97. The SMILES string of the molecule is CC.CC.CCCNC(=O)COCCC. The normalized spacial score (nSPS) is 7.87. The summed E-state index contributed by atoms with van der Waals surface area (Å²) < 4.78 is 5.03. The molecule has 0 atom stereocenters. The van der Waals surface area contributed by atoms with Crippen LogP contribution in [0, 0.1) is 0 Å². The molecule has 94 valence electrons. The van der Waals surface area contributed by atoms with Crippen LogP contribution >= 0.6 is 0 Å². The summed E-state index contributed by atoms with van der Waals surface area (Å²) in [5.41, 5.74) is 0. The van der Waals surface area contributed by atoms with Crippen molar-refractivity contribution in [3.63, 3.8) is 0 Å². The Morgan fingerprint density at radius 2 is 1.60 bits per heavy atom. The lowest BCUT2D eigenvalue weighted by Crippen LogP contribution is -2.28. The predicted molar refractivity (Wildman–Crippen MR) is 67.1 cm³/mol. The zero-order valence-electron chi connectivity index (χ0n) is 11.4. The molecule has 0 spiro atoms. The van der Waals surface area contributed by atoms with Crippen molar-refractivity contribution in [3.8, 4) is 0 Å². The Morgan fingerprint density at radius 1 is 1.07 bits per heavy atom. The second kappa shape index (κ2) is 23.3. The Labute approximate surface area is 95.6 Å². The molecule has 0 saturated carbocycles. The van der Waals surface area contributed by atoms with Gasteiger partial charge in [0.1, 0.15) is 6.61 Å². The fraction of sp³-hybridized carbons (Fsp3) is 0.917. The minimum Gasteiger partial charge on any atom is -0.372 e. The lowest BCUT2D eigenvalue weighted by atomic mass is 10.4. The van der Waals surface area contributed by atoms with Crippen LogP contribution in [0.1, 0.15) is 54.4 Å². The molecule has 0 rings (SSSR count). The van der Waals surface area contributed by atoms with Crippen molar-refractivity contribution in [3.05, 3.63) is 0 Å². The van der Waals surface area contributed by atoms with E-state index >= 15 is 0 Å². The number of ether oxygens (including phenoxy) is 1. The fourth-order valence-electron chi connectivity index (χ4n) is 0.625. The molecule has 0 fully saturated rings. The average Bonchev–Trinajstić information content (AvgIpc) is 2.32. The molecule has 1 N–H and O–H groups in total. The standard InChI is InChI=1S/C8H17NO2.2C2H6/c1-3-5-9-8(10)7-11-6-4-2;2*1-2/h3-7H2,1-2H3,(H,9,10);2*1-2H3.